The predicted octanol–water partition coefficient (Wildman–Crippen LogP) is 1.27. The first-order valence-corrected chi connectivity index (χ1v) is 6.85. The molecule has 0 saturated carbocycles. The lowest BCUT2D eigenvalue weighted by Gasteiger charge is -2.15. The van der Waals surface area contributed by atoms with Crippen molar-refractivity contribution in [3.63, 3.8) is 0 Å². The molecule has 0 aromatic carbocycles. The second-order valence-electron chi connectivity index (χ2n) is 4.29. The Morgan fingerprint density at radius 2 is 2.33 bits per heavy atom. The van der Waals surface area contributed by atoms with Crippen LogP contribution in [0.2, 0.25) is 0 Å². The van der Waals surface area contributed by atoms with Gasteiger partial charge >= 0.3 is 0 Å². The van der Waals surface area contributed by atoms with Crippen molar-refractivity contribution in [1.29, 1.82) is 0 Å². The molecule has 2 aromatic heterocycles. The molecule has 98 valence electrons. The van der Waals surface area contributed by atoms with Gasteiger partial charge in [-0.2, -0.15) is 0 Å². The van der Waals surface area contributed by atoms with E-state index in [2.05, 4.69) is 32.6 Å². The molecule has 0 radical (unpaired) electrons. The Morgan fingerprint density at radius 1 is 1.50 bits per heavy atom. The summed E-state index contributed by atoms with van der Waals surface area (Å²) < 4.78 is 2.03. The summed E-state index contributed by atoms with van der Waals surface area (Å²) in [7, 11) is 6.02. The van der Waals surface area contributed by atoms with Crippen LogP contribution in [0.3, 0.4) is 0 Å². The maximum Gasteiger partial charge on any atom is 0.185 e. The van der Waals surface area contributed by atoms with E-state index in [-0.39, 0.29) is 0 Å². The van der Waals surface area contributed by atoms with Crippen molar-refractivity contribution in [2.24, 2.45) is 7.05 Å². The van der Waals surface area contributed by atoms with Gasteiger partial charge in [0.05, 0.1) is 12.2 Å². The van der Waals surface area contributed by atoms with Crippen LogP contribution in [0.25, 0.3) is 0 Å². The van der Waals surface area contributed by atoms with Gasteiger partial charge in [-0.1, -0.05) is 0 Å². The predicted molar refractivity (Wildman–Crippen MR) is 75.1 cm³/mol. The molecule has 0 atom stereocenters. The molecule has 18 heavy (non-hydrogen) atoms. The Labute approximate surface area is 111 Å². The van der Waals surface area contributed by atoms with E-state index in [1.165, 1.54) is 0 Å². The molecule has 1 N–H and O–H groups in total. The Bertz CT molecular complexity index is 490. The number of anilines is 1. The van der Waals surface area contributed by atoms with Crippen LogP contribution in [0, 0.1) is 0 Å². The number of aromatic nitrogens is 3. The van der Waals surface area contributed by atoms with Crippen molar-refractivity contribution >= 4 is 16.5 Å². The number of thiazole rings is 1. The number of likely N-dealkylation sites (N-methyl/N-ethyl adjacent to an activating group) is 1. The van der Waals surface area contributed by atoms with Crippen molar-refractivity contribution in [3.8, 4) is 0 Å². The summed E-state index contributed by atoms with van der Waals surface area (Å²) in [6.07, 6.45) is 4.76. The molecule has 2 rings (SSSR count). The van der Waals surface area contributed by atoms with Crippen LogP contribution in [-0.2, 0) is 20.0 Å². The summed E-state index contributed by atoms with van der Waals surface area (Å²) in [6, 6.07) is 0. The lowest BCUT2D eigenvalue weighted by Crippen LogP contribution is -2.19. The van der Waals surface area contributed by atoms with E-state index in [0.717, 1.165) is 36.2 Å². The van der Waals surface area contributed by atoms with E-state index in [9.17, 15) is 0 Å². The average molecular weight is 265 g/mol. The number of imidazole rings is 1. The molecule has 0 aliphatic heterocycles. The van der Waals surface area contributed by atoms with Crippen LogP contribution in [0.15, 0.2) is 17.8 Å². The van der Waals surface area contributed by atoms with E-state index in [1.807, 2.05) is 31.1 Å². The molecule has 6 heteroatoms. The molecule has 2 aromatic rings. The summed E-state index contributed by atoms with van der Waals surface area (Å²) in [4.78, 5) is 11.1. The Balaban J connectivity index is 1.98. The van der Waals surface area contributed by atoms with Crippen LogP contribution in [0.4, 0.5) is 5.13 Å². The van der Waals surface area contributed by atoms with Crippen molar-refractivity contribution in [3.05, 3.63) is 29.3 Å². The van der Waals surface area contributed by atoms with Crippen LogP contribution in [0.5, 0.6) is 0 Å². The second kappa shape index (κ2) is 5.97. The molecule has 0 spiro atoms. The highest BCUT2D eigenvalue weighted by Gasteiger charge is 2.09. The lowest BCUT2D eigenvalue weighted by molar-refractivity contribution is 0.753. The minimum Gasteiger partial charge on any atom is -0.344 e. The van der Waals surface area contributed by atoms with E-state index in [0.29, 0.717) is 0 Å². The number of nitrogens with one attached hydrogen (secondary N) is 1. The summed E-state index contributed by atoms with van der Waals surface area (Å²) in [5, 5.41) is 6.31. The molecule has 0 saturated heterocycles. The molecule has 0 bridgehead atoms. The third kappa shape index (κ3) is 3.08. The van der Waals surface area contributed by atoms with Crippen LogP contribution in [-0.4, -0.2) is 35.2 Å². The monoisotopic (exact) mass is 265 g/mol. The molecule has 0 amide bonds. The minimum absolute atomic E-state index is 0.780. The molecule has 2 heterocycles. The van der Waals surface area contributed by atoms with Crippen LogP contribution < -0.4 is 10.2 Å². The minimum atomic E-state index is 0.780. The van der Waals surface area contributed by atoms with Gasteiger partial charge in [0.25, 0.3) is 0 Å². The Hall–Kier alpha value is -1.40. The average Bonchev–Trinajstić information content (AvgIpc) is 2.97. The number of hydrogen-bond acceptors (Lipinski definition) is 5. The van der Waals surface area contributed by atoms with Gasteiger partial charge in [0, 0.05) is 44.8 Å². The molecule has 0 unspecified atom stereocenters. The van der Waals surface area contributed by atoms with Crippen LogP contribution in [0.1, 0.15) is 11.5 Å². The van der Waals surface area contributed by atoms with Crippen molar-refractivity contribution in [2.45, 2.75) is 13.0 Å². The van der Waals surface area contributed by atoms with E-state index in [4.69, 9.17) is 0 Å². The first-order chi connectivity index (χ1) is 8.70. The van der Waals surface area contributed by atoms with Gasteiger partial charge in [0.2, 0.25) is 0 Å². The number of hydrogen-bond donors (Lipinski definition) is 1. The summed E-state index contributed by atoms with van der Waals surface area (Å²) in [5.74, 6) is 1.05. The molecule has 0 aliphatic carbocycles. The standard InChI is InChI=1S/C12H19N5S/c1-13-5-4-10-9-18-12(15-10)17(3)8-11-14-6-7-16(11)2/h6-7,9,13H,4-5,8H2,1-3H3. The zero-order valence-electron chi connectivity index (χ0n) is 11.1. The van der Waals surface area contributed by atoms with Crippen molar-refractivity contribution < 1.29 is 0 Å². The third-order valence-electron chi connectivity index (χ3n) is 2.80. The fourth-order valence-corrected chi connectivity index (χ4v) is 2.49. The number of aryl methyl sites for hydroxylation is 1. The van der Waals surface area contributed by atoms with Gasteiger partial charge in [0.15, 0.2) is 5.13 Å². The van der Waals surface area contributed by atoms with Gasteiger partial charge in [-0.05, 0) is 7.05 Å². The summed E-state index contributed by atoms with van der Waals surface area (Å²) in [6.45, 7) is 1.74. The van der Waals surface area contributed by atoms with Gasteiger partial charge in [-0.25, -0.2) is 9.97 Å². The van der Waals surface area contributed by atoms with E-state index in [1.54, 1.807) is 11.3 Å². The highest BCUT2D eigenvalue weighted by Crippen LogP contribution is 2.20. The number of rotatable bonds is 6. The fraction of sp³-hybridized carbons (Fsp3) is 0.500. The van der Waals surface area contributed by atoms with E-state index < -0.39 is 0 Å². The first-order valence-electron chi connectivity index (χ1n) is 5.97. The topological polar surface area (TPSA) is 46.0 Å². The smallest absolute Gasteiger partial charge is 0.185 e. The fourth-order valence-electron chi connectivity index (χ4n) is 1.67. The normalized spacial score (nSPS) is 10.8. The zero-order valence-corrected chi connectivity index (χ0v) is 11.9. The third-order valence-corrected chi connectivity index (χ3v) is 3.80. The van der Waals surface area contributed by atoms with Gasteiger partial charge < -0.3 is 14.8 Å². The molecular formula is C12H19N5S. The Kier molecular flexibility index (Phi) is 4.33. The van der Waals surface area contributed by atoms with Gasteiger partial charge in [0.1, 0.15) is 5.82 Å². The SMILES string of the molecule is CNCCc1csc(N(C)Cc2nccn2C)n1. The van der Waals surface area contributed by atoms with Crippen LogP contribution >= 0.6 is 11.3 Å². The molecule has 0 aliphatic rings. The summed E-state index contributed by atoms with van der Waals surface area (Å²) in [5.41, 5.74) is 1.15. The maximum absolute atomic E-state index is 4.63. The van der Waals surface area contributed by atoms with Gasteiger partial charge in [-0.15, -0.1) is 11.3 Å². The molecule has 5 nitrogen and oxygen atoms in total. The summed E-state index contributed by atoms with van der Waals surface area (Å²) >= 11 is 1.69. The first kappa shape index (κ1) is 13.0. The lowest BCUT2D eigenvalue weighted by atomic mass is 10.3. The zero-order chi connectivity index (χ0) is 13.0. The van der Waals surface area contributed by atoms with E-state index >= 15 is 0 Å². The van der Waals surface area contributed by atoms with Crippen molar-refractivity contribution in [2.75, 3.05) is 25.5 Å². The molecular weight excluding hydrogens is 246 g/mol. The highest BCUT2D eigenvalue weighted by atomic mass is 32.1. The highest BCUT2D eigenvalue weighted by molar-refractivity contribution is 7.13. The maximum atomic E-state index is 4.63. The quantitative estimate of drug-likeness (QED) is 0.854. The molecule has 0 fully saturated rings. The Morgan fingerprint density at radius 3 is 3.00 bits per heavy atom. The van der Waals surface area contributed by atoms with Crippen molar-refractivity contribution in [1.82, 2.24) is 19.9 Å². The largest absolute Gasteiger partial charge is 0.344 e. The second-order valence-corrected chi connectivity index (χ2v) is 5.12. The van der Waals surface area contributed by atoms with Gasteiger partial charge in [-0.3, -0.25) is 0 Å². The number of nitrogens with zero attached hydrogens (tertiary/aromatic N) is 4.